The molecule has 2 atom stereocenters. The van der Waals surface area contributed by atoms with Gasteiger partial charge in [0.2, 0.25) is 11.1 Å². The first-order chi connectivity index (χ1) is 13.7. The Balaban J connectivity index is 1.75. The lowest BCUT2D eigenvalue weighted by Gasteiger charge is -2.33. The number of tetrazole rings is 1. The van der Waals surface area contributed by atoms with E-state index in [1.165, 1.54) is 11.8 Å². The summed E-state index contributed by atoms with van der Waals surface area (Å²) in [7, 11) is -3.06. The van der Waals surface area contributed by atoms with Gasteiger partial charge in [-0.2, -0.15) is 4.68 Å². The lowest BCUT2D eigenvalue weighted by Crippen LogP contribution is -2.47. The Bertz CT molecular complexity index is 989. The molecule has 0 spiro atoms. The van der Waals surface area contributed by atoms with Crippen molar-refractivity contribution in [3.05, 3.63) is 29.3 Å². The largest absolute Gasteiger partial charge is 0.335 e. The molecule has 0 unspecified atom stereocenters. The zero-order valence-corrected chi connectivity index (χ0v) is 18.8. The van der Waals surface area contributed by atoms with Crippen LogP contribution in [0.4, 0.5) is 0 Å². The molecule has 0 N–H and O–H groups in total. The second kappa shape index (κ2) is 8.83. The van der Waals surface area contributed by atoms with Gasteiger partial charge in [-0.1, -0.05) is 36.4 Å². The Morgan fingerprint density at radius 3 is 2.76 bits per heavy atom. The quantitative estimate of drug-likeness (QED) is 0.612. The number of aryl methyl sites for hydroxylation is 2. The summed E-state index contributed by atoms with van der Waals surface area (Å²) in [5.74, 6) is 0.276. The fraction of sp³-hybridized carbons (Fsp3) is 0.579. The summed E-state index contributed by atoms with van der Waals surface area (Å²) in [6.07, 6.45) is 1.27. The van der Waals surface area contributed by atoms with Crippen LogP contribution in [0, 0.1) is 13.8 Å². The van der Waals surface area contributed by atoms with Gasteiger partial charge in [0, 0.05) is 12.1 Å². The zero-order chi connectivity index (χ0) is 21.2. The maximum absolute atomic E-state index is 13.0. The molecule has 1 amide bonds. The molecule has 158 valence electrons. The van der Waals surface area contributed by atoms with Crippen molar-refractivity contribution in [2.75, 3.05) is 17.3 Å². The molecular formula is C19H27N5O3S2. The average Bonchev–Trinajstić information content (AvgIpc) is 3.26. The Morgan fingerprint density at radius 1 is 1.38 bits per heavy atom. The van der Waals surface area contributed by atoms with Crippen LogP contribution in [0.5, 0.6) is 0 Å². The molecule has 0 radical (unpaired) electrons. The number of amides is 1. The van der Waals surface area contributed by atoms with Crippen LogP contribution in [0.2, 0.25) is 0 Å². The van der Waals surface area contributed by atoms with Crippen LogP contribution in [0.1, 0.15) is 37.8 Å². The fourth-order valence-corrected chi connectivity index (χ4v) is 6.13. The molecule has 2 aromatic rings. The lowest BCUT2D eigenvalue weighted by molar-refractivity contribution is -0.132. The van der Waals surface area contributed by atoms with Gasteiger partial charge in [0.05, 0.1) is 22.9 Å². The van der Waals surface area contributed by atoms with Crippen LogP contribution in [0.3, 0.4) is 0 Å². The van der Waals surface area contributed by atoms with Crippen molar-refractivity contribution in [1.29, 1.82) is 0 Å². The van der Waals surface area contributed by atoms with Gasteiger partial charge >= 0.3 is 0 Å². The van der Waals surface area contributed by atoms with E-state index in [0.717, 1.165) is 23.2 Å². The molecule has 0 saturated carbocycles. The van der Waals surface area contributed by atoms with E-state index in [1.54, 1.807) is 9.58 Å². The van der Waals surface area contributed by atoms with Gasteiger partial charge in [-0.05, 0) is 55.7 Å². The Kier molecular flexibility index (Phi) is 6.62. The summed E-state index contributed by atoms with van der Waals surface area (Å²) in [5.41, 5.74) is 3.07. The van der Waals surface area contributed by atoms with E-state index in [1.807, 2.05) is 39.8 Å². The van der Waals surface area contributed by atoms with Crippen molar-refractivity contribution in [2.45, 2.75) is 57.8 Å². The highest BCUT2D eigenvalue weighted by Crippen LogP contribution is 2.25. The predicted octanol–water partition coefficient (Wildman–Crippen LogP) is 2.19. The van der Waals surface area contributed by atoms with Crippen LogP contribution in [-0.2, 0) is 14.6 Å². The standard InChI is InChI=1S/C19H27N5O3S2/c1-5-15(4)23(16-8-9-29(26,27)12-16)18(25)11-28-19-20-21-22-24(19)17-7-6-13(2)10-14(17)3/h6-7,10,15-16H,5,8-9,11-12H2,1-4H3/t15-,16-/m0/s1. The summed E-state index contributed by atoms with van der Waals surface area (Å²) in [5, 5.41) is 12.5. The molecule has 2 heterocycles. The molecule has 29 heavy (non-hydrogen) atoms. The highest BCUT2D eigenvalue weighted by atomic mass is 32.2. The van der Waals surface area contributed by atoms with Crippen molar-refractivity contribution < 1.29 is 13.2 Å². The Morgan fingerprint density at radius 2 is 2.14 bits per heavy atom. The number of aromatic nitrogens is 4. The van der Waals surface area contributed by atoms with Gasteiger partial charge in [0.1, 0.15) is 0 Å². The number of sulfone groups is 1. The molecule has 1 aromatic carbocycles. The van der Waals surface area contributed by atoms with Crippen molar-refractivity contribution in [2.24, 2.45) is 0 Å². The lowest BCUT2D eigenvalue weighted by atomic mass is 10.1. The van der Waals surface area contributed by atoms with Gasteiger partial charge in [-0.15, -0.1) is 5.10 Å². The predicted molar refractivity (Wildman–Crippen MR) is 113 cm³/mol. The van der Waals surface area contributed by atoms with Crippen molar-refractivity contribution >= 4 is 27.5 Å². The van der Waals surface area contributed by atoms with E-state index in [-0.39, 0.29) is 35.2 Å². The van der Waals surface area contributed by atoms with Gasteiger partial charge < -0.3 is 4.90 Å². The normalized spacial score (nSPS) is 19.2. The fourth-order valence-electron chi connectivity index (χ4n) is 3.66. The van der Waals surface area contributed by atoms with Gasteiger partial charge in [-0.3, -0.25) is 4.79 Å². The molecule has 3 rings (SSSR count). The molecule has 10 heteroatoms. The molecule has 8 nitrogen and oxygen atoms in total. The second-order valence-electron chi connectivity index (χ2n) is 7.57. The molecule has 0 bridgehead atoms. The summed E-state index contributed by atoms with van der Waals surface area (Å²) in [6, 6.07) is 5.74. The SMILES string of the molecule is CC[C@H](C)N(C(=O)CSc1nnnn1-c1ccc(C)cc1C)[C@H]1CCS(=O)(=O)C1. The number of hydrogen-bond acceptors (Lipinski definition) is 7. The minimum Gasteiger partial charge on any atom is -0.335 e. The van der Waals surface area contributed by atoms with Gasteiger partial charge in [-0.25, -0.2) is 8.42 Å². The van der Waals surface area contributed by atoms with E-state index in [9.17, 15) is 13.2 Å². The maximum atomic E-state index is 13.0. The van der Waals surface area contributed by atoms with Crippen LogP contribution < -0.4 is 0 Å². The van der Waals surface area contributed by atoms with E-state index in [4.69, 9.17) is 0 Å². The number of carbonyl (C=O) groups excluding carboxylic acids is 1. The molecule has 1 aliphatic heterocycles. The number of rotatable bonds is 7. The van der Waals surface area contributed by atoms with Crippen molar-refractivity contribution in [3.63, 3.8) is 0 Å². The number of carbonyl (C=O) groups is 1. The van der Waals surface area contributed by atoms with Gasteiger partial charge in [0.15, 0.2) is 9.84 Å². The number of hydrogen-bond donors (Lipinski definition) is 0. The molecule has 1 saturated heterocycles. The monoisotopic (exact) mass is 437 g/mol. The topological polar surface area (TPSA) is 98.1 Å². The zero-order valence-electron chi connectivity index (χ0n) is 17.2. The van der Waals surface area contributed by atoms with Crippen LogP contribution >= 0.6 is 11.8 Å². The third-order valence-corrected chi connectivity index (χ3v) is 7.96. The summed E-state index contributed by atoms with van der Waals surface area (Å²) >= 11 is 1.27. The van der Waals surface area contributed by atoms with E-state index >= 15 is 0 Å². The highest BCUT2D eigenvalue weighted by molar-refractivity contribution is 7.99. The number of thioether (sulfide) groups is 1. The first kappa shape index (κ1) is 21.8. The van der Waals surface area contributed by atoms with Crippen molar-refractivity contribution in [3.8, 4) is 5.69 Å². The third kappa shape index (κ3) is 4.98. The Labute approximate surface area is 176 Å². The van der Waals surface area contributed by atoms with Crippen LogP contribution in [0.15, 0.2) is 23.4 Å². The summed E-state index contributed by atoms with van der Waals surface area (Å²) < 4.78 is 25.5. The van der Waals surface area contributed by atoms with E-state index < -0.39 is 9.84 Å². The van der Waals surface area contributed by atoms with Crippen molar-refractivity contribution in [1.82, 2.24) is 25.1 Å². The van der Waals surface area contributed by atoms with Crippen LogP contribution in [0.25, 0.3) is 5.69 Å². The minimum absolute atomic E-state index is 0.0169. The molecule has 1 aromatic heterocycles. The van der Waals surface area contributed by atoms with Crippen LogP contribution in [-0.4, -0.2) is 68.8 Å². The van der Waals surface area contributed by atoms with E-state index in [2.05, 4.69) is 21.6 Å². The first-order valence-electron chi connectivity index (χ1n) is 9.72. The summed E-state index contributed by atoms with van der Waals surface area (Å²) in [4.78, 5) is 14.8. The number of benzene rings is 1. The second-order valence-corrected chi connectivity index (χ2v) is 10.7. The highest BCUT2D eigenvalue weighted by Gasteiger charge is 2.36. The summed E-state index contributed by atoms with van der Waals surface area (Å²) in [6.45, 7) is 7.99. The third-order valence-electron chi connectivity index (χ3n) is 5.30. The average molecular weight is 438 g/mol. The molecule has 0 aliphatic carbocycles. The smallest absolute Gasteiger partial charge is 0.233 e. The molecule has 1 aliphatic rings. The minimum atomic E-state index is -3.06. The first-order valence-corrected chi connectivity index (χ1v) is 12.5. The number of nitrogens with zero attached hydrogens (tertiary/aromatic N) is 5. The Hall–Kier alpha value is -1.94. The van der Waals surface area contributed by atoms with Gasteiger partial charge in [0.25, 0.3) is 0 Å². The molecular weight excluding hydrogens is 410 g/mol. The maximum Gasteiger partial charge on any atom is 0.233 e. The van der Waals surface area contributed by atoms with E-state index in [0.29, 0.717) is 11.6 Å². The molecule has 1 fully saturated rings.